The molecule has 2 aliphatic rings. The van der Waals surface area contributed by atoms with Crippen LogP contribution in [0.3, 0.4) is 0 Å². The number of allylic oxidation sites excluding steroid dienone is 8. The van der Waals surface area contributed by atoms with Crippen LogP contribution in [0.25, 0.3) is 75.8 Å². The Bertz CT molecular complexity index is 3130. The van der Waals surface area contributed by atoms with Crippen LogP contribution in [0, 0.1) is 5.92 Å². The Hall–Kier alpha value is -6.69. The van der Waals surface area contributed by atoms with Crippen molar-refractivity contribution in [1.29, 1.82) is 0 Å². The third kappa shape index (κ3) is 5.85. The monoisotopic (exact) mass is 750 g/mol. The standard InChI is InChI=1S/C52H38N4S/c1-33-14-8-9-21-40(33)52-54-50(34-15-4-2-5-16-34)53-51(55-52)38-18-12-17-37(30-38)41-23-13-24-46-49(41)44-32-35(26-28-45(44)56(46)39-19-6-3-7-20-39)36-27-29-48-43(31-36)42-22-10-11-25-47(42)57-48/h2-29,31-33,37,40H,30H2,1H3. The molecule has 0 bridgehead atoms. The normalized spacial score (nSPS) is 17.9. The zero-order chi connectivity index (χ0) is 37.9. The van der Waals surface area contributed by atoms with Crippen molar-refractivity contribution in [3.63, 3.8) is 0 Å². The third-order valence-corrected chi connectivity index (χ3v) is 12.9. The lowest BCUT2D eigenvalue weighted by atomic mass is 9.85. The first-order valence-electron chi connectivity index (χ1n) is 19.7. The highest BCUT2D eigenvalue weighted by Gasteiger charge is 2.26. The third-order valence-electron chi connectivity index (χ3n) is 11.7. The molecule has 57 heavy (non-hydrogen) atoms. The lowest BCUT2D eigenvalue weighted by Crippen LogP contribution is -2.15. The second kappa shape index (κ2) is 13.8. The van der Waals surface area contributed by atoms with Crippen molar-refractivity contribution in [2.45, 2.75) is 25.2 Å². The number of benzene rings is 6. The van der Waals surface area contributed by atoms with Gasteiger partial charge in [0.1, 0.15) is 5.82 Å². The summed E-state index contributed by atoms with van der Waals surface area (Å²) >= 11 is 1.86. The van der Waals surface area contributed by atoms with Gasteiger partial charge in [-0.2, -0.15) is 0 Å². The Labute approximate surface area is 335 Å². The minimum Gasteiger partial charge on any atom is -0.309 e. The molecule has 11 rings (SSSR count). The largest absolute Gasteiger partial charge is 0.309 e. The van der Waals surface area contributed by atoms with E-state index in [0.717, 1.165) is 34.9 Å². The van der Waals surface area contributed by atoms with Gasteiger partial charge in [-0.25, -0.2) is 15.0 Å². The van der Waals surface area contributed by atoms with Gasteiger partial charge in [0.15, 0.2) is 11.6 Å². The fourth-order valence-corrected chi connectivity index (χ4v) is 9.93. The maximum absolute atomic E-state index is 5.21. The summed E-state index contributed by atoms with van der Waals surface area (Å²) in [6, 6.07) is 50.5. The van der Waals surface area contributed by atoms with Crippen molar-refractivity contribution in [2.75, 3.05) is 0 Å². The second-order valence-electron chi connectivity index (χ2n) is 15.2. The van der Waals surface area contributed by atoms with Gasteiger partial charge in [-0.05, 0) is 83.1 Å². The molecule has 2 aliphatic carbocycles. The summed E-state index contributed by atoms with van der Waals surface area (Å²) in [5.41, 5.74) is 9.41. The topological polar surface area (TPSA) is 43.6 Å². The van der Waals surface area contributed by atoms with E-state index in [-0.39, 0.29) is 17.8 Å². The van der Waals surface area contributed by atoms with Crippen molar-refractivity contribution in [3.8, 4) is 28.2 Å². The fraction of sp³-hybridized carbons (Fsp3) is 0.0962. The lowest BCUT2D eigenvalue weighted by molar-refractivity contribution is 0.597. The molecule has 0 saturated heterocycles. The van der Waals surface area contributed by atoms with Gasteiger partial charge in [0.05, 0.1) is 11.0 Å². The molecule has 3 atom stereocenters. The average Bonchev–Trinajstić information content (AvgIpc) is 3.82. The number of hydrogen-bond acceptors (Lipinski definition) is 4. The number of nitrogens with zero attached hydrogens (tertiary/aromatic N) is 4. The molecule has 0 amide bonds. The van der Waals surface area contributed by atoms with Gasteiger partial charge >= 0.3 is 0 Å². The molecule has 0 saturated carbocycles. The number of rotatable bonds is 6. The summed E-state index contributed by atoms with van der Waals surface area (Å²) < 4.78 is 5.07. The summed E-state index contributed by atoms with van der Waals surface area (Å²) in [7, 11) is 0. The van der Waals surface area contributed by atoms with Gasteiger partial charge in [-0.1, -0.05) is 140 Å². The van der Waals surface area contributed by atoms with Crippen LogP contribution < -0.4 is 0 Å². The van der Waals surface area contributed by atoms with Crippen LogP contribution >= 0.6 is 11.3 Å². The molecule has 3 heterocycles. The summed E-state index contributed by atoms with van der Waals surface area (Å²) in [5.74, 6) is 2.78. The Morgan fingerprint density at radius 2 is 1.30 bits per heavy atom. The van der Waals surface area contributed by atoms with E-state index in [9.17, 15) is 0 Å². The van der Waals surface area contributed by atoms with Crippen molar-refractivity contribution in [3.05, 3.63) is 199 Å². The maximum Gasteiger partial charge on any atom is 0.163 e. The van der Waals surface area contributed by atoms with Gasteiger partial charge < -0.3 is 4.57 Å². The molecular weight excluding hydrogens is 713 g/mol. The highest BCUT2D eigenvalue weighted by atomic mass is 32.1. The summed E-state index contributed by atoms with van der Waals surface area (Å²) in [6.07, 6.45) is 16.2. The average molecular weight is 751 g/mol. The van der Waals surface area contributed by atoms with E-state index in [1.54, 1.807) is 0 Å². The van der Waals surface area contributed by atoms with Crippen molar-refractivity contribution >= 4 is 58.9 Å². The minimum absolute atomic E-state index is 0.0842. The minimum atomic E-state index is 0.0842. The van der Waals surface area contributed by atoms with Crippen molar-refractivity contribution in [1.82, 2.24) is 19.5 Å². The van der Waals surface area contributed by atoms with Crippen LogP contribution in [0.1, 0.15) is 42.4 Å². The highest BCUT2D eigenvalue weighted by molar-refractivity contribution is 7.25. The molecule has 3 unspecified atom stereocenters. The molecule has 0 radical (unpaired) electrons. The van der Waals surface area contributed by atoms with E-state index in [4.69, 9.17) is 15.0 Å². The lowest BCUT2D eigenvalue weighted by Gasteiger charge is -2.22. The van der Waals surface area contributed by atoms with Gasteiger partial charge in [0.2, 0.25) is 0 Å². The highest BCUT2D eigenvalue weighted by Crippen LogP contribution is 2.43. The summed E-state index contributed by atoms with van der Waals surface area (Å²) in [5, 5.41) is 5.17. The van der Waals surface area contributed by atoms with Crippen LogP contribution in [-0.4, -0.2) is 19.5 Å². The Morgan fingerprint density at radius 1 is 0.561 bits per heavy atom. The molecular formula is C52H38N4S. The maximum atomic E-state index is 5.21. The quantitative estimate of drug-likeness (QED) is 0.170. The molecule has 3 aromatic heterocycles. The number of fused-ring (bicyclic) bond motifs is 6. The molecule has 4 nitrogen and oxygen atoms in total. The molecule has 6 aromatic carbocycles. The van der Waals surface area contributed by atoms with E-state index in [0.29, 0.717) is 5.82 Å². The molecule has 0 N–H and O–H groups in total. The first-order valence-corrected chi connectivity index (χ1v) is 20.6. The Morgan fingerprint density at radius 3 is 2.16 bits per heavy atom. The van der Waals surface area contributed by atoms with Gasteiger partial charge in [-0.3, -0.25) is 0 Å². The van der Waals surface area contributed by atoms with Crippen LogP contribution in [0.5, 0.6) is 0 Å². The molecule has 0 spiro atoms. The molecule has 5 heteroatoms. The van der Waals surface area contributed by atoms with Crippen LogP contribution in [0.15, 0.2) is 182 Å². The SMILES string of the molecule is CC1C=CC=CC1c1nc(C2=CC=CC(c3cccc4c3c3cc(-c5ccc6sc7ccccc7c6c5)ccc3n4-c3ccccc3)C2)nc(-c2ccccc2)n1. The van der Waals surface area contributed by atoms with Gasteiger partial charge in [-0.15, -0.1) is 11.3 Å². The summed E-state index contributed by atoms with van der Waals surface area (Å²) in [6.45, 7) is 2.23. The Kier molecular flexibility index (Phi) is 8.14. The van der Waals surface area contributed by atoms with E-state index in [2.05, 4.69) is 175 Å². The first-order chi connectivity index (χ1) is 28.2. The predicted molar refractivity (Wildman–Crippen MR) is 239 cm³/mol. The van der Waals surface area contributed by atoms with Gasteiger partial charge in [0.25, 0.3) is 0 Å². The van der Waals surface area contributed by atoms with Crippen molar-refractivity contribution in [2.24, 2.45) is 5.92 Å². The number of aromatic nitrogens is 4. The number of hydrogen-bond donors (Lipinski definition) is 0. The van der Waals surface area contributed by atoms with Crippen LogP contribution in [-0.2, 0) is 0 Å². The zero-order valence-corrected chi connectivity index (χ0v) is 32.3. The van der Waals surface area contributed by atoms with Gasteiger partial charge in [0, 0.05) is 54.0 Å². The molecule has 0 fully saturated rings. The smallest absolute Gasteiger partial charge is 0.163 e. The number of para-hydroxylation sites is 1. The van der Waals surface area contributed by atoms with Crippen LogP contribution in [0.4, 0.5) is 0 Å². The predicted octanol–water partition coefficient (Wildman–Crippen LogP) is 13.6. The van der Waals surface area contributed by atoms with E-state index >= 15 is 0 Å². The van der Waals surface area contributed by atoms with Crippen molar-refractivity contribution < 1.29 is 0 Å². The second-order valence-corrected chi connectivity index (χ2v) is 16.3. The fourth-order valence-electron chi connectivity index (χ4n) is 8.85. The molecule has 0 aliphatic heterocycles. The van der Waals surface area contributed by atoms with E-state index in [1.165, 1.54) is 58.7 Å². The van der Waals surface area contributed by atoms with E-state index in [1.807, 2.05) is 29.5 Å². The molecule has 9 aromatic rings. The Balaban J connectivity index is 1.05. The molecule has 272 valence electrons. The summed E-state index contributed by atoms with van der Waals surface area (Å²) in [4.78, 5) is 15.4. The zero-order valence-electron chi connectivity index (χ0n) is 31.5. The van der Waals surface area contributed by atoms with Crippen LogP contribution in [0.2, 0.25) is 0 Å². The van der Waals surface area contributed by atoms with E-state index < -0.39 is 0 Å². The first kappa shape index (κ1) is 33.6. The number of thiophene rings is 1.